The van der Waals surface area contributed by atoms with E-state index < -0.39 is 0 Å². The predicted octanol–water partition coefficient (Wildman–Crippen LogP) is 4.71. The van der Waals surface area contributed by atoms with Crippen LogP contribution in [0.3, 0.4) is 0 Å². The molecule has 4 heteroatoms. The largest absolute Gasteiger partial charge is 0.309 e. The second kappa shape index (κ2) is 7.13. The number of nitrogens with one attached hydrogen (secondary N) is 1. The Balaban J connectivity index is 2.71. The molecule has 0 heterocycles. The second-order valence-corrected chi connectivity index (χ2v) is 4.78. The quantitative estimate of drug-likeness (QED) is 0.481. The Morgan fingerprint density at radius 2 is 1.94 bits per heavy atom. The smallest absolute Gasteiger partial charge is 0.0781 e. The van der Waals surface area contributed by atoms with E-state index in [1.165, 1.54) is 0 Å². The van der Waals surface area contributed by atoms with Gasteiger partial charge in [0.2, 0.25) is 0 Å². The van der Waals surface area contributed by atoms with Crippen LogP contribution in [0.2, 0.25) is 15.1 Å². The summed E-state index contributed by atoms with van der Waals surface area (Å²) in [5.41, 5.74) is 0.950. The molecule has 0 bridgehead atoms. The van der Waals surface area contributed by atoms with Crippen molar-refractivity contribution in [3.63, 3.8) is 0 Å². The van der Waals surface area contributed by atoms with E-state index in [-0.39, 0.29) is 6.04 Å². The van der Waals surface area contributed by atoms with Crippen molar-refractivity contribution < 1.29 is 0 Å². The molecule has 1 unspecified atom stereocenters. The highest BCUT2D eigenvalue weighted by Crippen LogP contribution is 2.35. The molecule has 1 aromatic carbocycles. The van der Waals surface area contributed by atoms with Gasteiger partial charge < -0.3 is 5.32 Å². The summed E-state index contributed by atoms with van der Waals surface area (Å²) >= 11 is 18.0. The minimum Gasteiger partial charge on any atom is -0.309 e. The molecule has 0 fully saturated rings. The Kier molecular flexibility index (Phi) is 6.16. The van der Waals surface area contributed by atoms with Crippen molar-refractivity contribution in [1.29, 1.82) is 0 Å². The van der Waals surface area contributed by atoms with Gasteiger partial charge in [0.25, 0.3) is 0 Å². The van der Waals surface area contributed by atoms with Crippen LogP contribution in [0.5, 0.6) is 0 Å². The highest BCUT2D eigenvalue weighted by atomic mass is 35.5. The van der Waals surface area contributed by atoms with Crippen LogP contribution in [0.15, 0.2) is 12.1 Å². The van der Waals surface area contributed by atoms with Crippen LogP contribution in [0.1, 0.15) is 31.9 Å². The lowest BCUT2D eigenvalue weighted by Crippen LogP contribution is -2.19. The minimum absolute atomic E-state index is 0.121. The van der Waals surface area contributed by atoms with Crippen LogP contribution in [0, 0.1) is 11.8 Å². The van der Waals surface area contributed by atoms with Crippen LogP contribution in [-0.2, 0) is 0 Å². The van der Waals surface area contributed by atoms with Crippen molar-refractivity contribution in [2.45, 2.75) is 26.3 Å². The third-order valence-electron chi connectivity index (χ3n) is 2.41. The zero-order chi connectivity index (χ0) is 12.8. The zero-order valence-corrected chi connectivity index (χ0v) is 12.0. The third-order valence-corrected chi connectivity index (χ3v) is 3.72. The lowest BCUT2D eigenvalue weighted by atomic mass is 10.1. The van der Waals surface area contributed by atoms with Crippen molar-refractivity contribution in [3.05, 3.63) is 32.8 Å². The van der Waals surface area contributed by atoms with Gasteiger partial charge in [-0.15, -0.1) is 11.8 Å². The molecular weight excluding hydrogens is 277 g/mol. The molecule has 0 radical (unpaired) electrons. The number of rotatable bonds is 4. The molecule has 1 atom stereocenters. The van der Waals surface area contributed by atoms with Crippen molar-refractivity contribution in [2.24, 2.45) is 0 Å². The normalized spacial score (nSPS) is 11.8. The molecule has 0 aliphatic heterocycles. The summed E-state index contributed by atoms with van der Waals surface area (Å²) in [6, 6.07) is 3.77. The average molecular weight is 291 g/mol. The lowest BCUT2D eigenvalue weighted by Gasteiger charge is -2.16. The first kappa shape index (κ1) is 14.7. The number of hydrogen-bond donors (Lipinski definition) is 1. The van der Waals surface area contributed by atoms with Gasteiger partial charge in [-0.2, -0.15) is 0 Å². The molecule has 0 amide bonds. The van der Waals surface area contributed by atoms with Crippen LogP contribution >= 0.6 is 34.8 Å². The minimum atomic E-state index is 0.121. The Hall–Kier alpha value is -0.390. The van der Waals surface area contributed by atoms with Crippen LogP contribution in [0.25, 0.3) is 0 Å². The average Bonchev–Trinajstić information content (AvgIpc) is 2.31. The molecule has 1 aromatic rings. The van der Waals surface area contributed by atoms with Gasteiger partial charge in [-0.3, -0.25) is 0 Å². The lowest BCUT2D eigenvalue weighted by molar-refractivity contribution is 0.584. The molecule has 17 heavy (non-hydrogen) atoms. The second-order valence-electron chi connectivity index (χ2n) is 3.62. The van der Waals surface area contributed by atoms with Gasteiger partial charge in [-0.1, -0.05) is 40.9 Å². The van der Waals surface area contributed by atoms with E-state index in [1.54, 1.807) is 6.07 Å². The third kappa shape index (κ3) is 4.08. The summed E-state index contributed by atoms with van der Waals surface area (Å²) in [5, 5.41) is 4.73. The highest BCUT2D eigenvalue weighted by molar-refractivity contribution is 6.48. The van der Waals surface area contributed by atoms with Crippen LogP contribution in [-0.4, -0.2) is 6.54 Å². The van der Waals surface area contributed by atoms with Crippen molar-refractivity contribution in [1.82, 2.24) is 5.32 Å². The molecule has 0 aromatic heterocycles. The van der Waals surface area contributed by atoms with E-state index in [1.807, 2.05) is 19.9 Å². The first-order chi connectivity index (χ1) is 8.07. The van der Waals surface area contributed by atoms with Gasteiger partial charge >= 0.3 is 0 Å². The van der Waals surface area contributed by atoms with Crippen LogP contribution in [0.4, 0.5) is 0 Å². The van der Waals surface area contributed by atoms with Gasteiger partial charge in [0.1, 0.15) is 0 Å². The Labute approximate surface area is 117 Å². The van der Waals surface area contributed by atoms with E-state index >= 15 is 0 Å². The molecule has 1 N–H and O–H groups in total. The fourth-order valence-corrected chi connectivity index (χ4v) is 2.17. The SMILES string of the molecule is CC#CCCNC(C)c1ccc(Cl)c(Cl)c1Cl. The Bertz CT molecular complexity index is 446. The zero-order valence-electron chi connectivity index (χ0n) is 9.78. The fourth-order valence-electron chi connectivity index (χ4n) is 1.46. The van der Waals surface area contributed by atoms with Gasteiger partial charge in [-0.25, -0.2) is 0 Å². The summed E-state index contributed by atoms with van der Waals surface area (Å²) in [6.45, 7) is 4.68. The molecule has 0 aliphatic rings. The maximum absolute atomic E-state index is 6.15. The highest BCUT2D eigenvalue weighted by Gasteiger charge is 2.13. The summed E-state index contributed by atoms with van der Waals surface area (Å²) in [5.74, 6) is 5.85. The van der Waals surface area contributed by atoms with E-state index in [9.17, 15) is 0 Å². The molecule has 92 valence electrons. The molecule has 0 saturated heterocycles. The van der Waals surface area contributed by atoms with E-state index in [0.717, 1.165) is 18.5 Å². The summed E-state index contributed by atoms with van der Waals surface area (Å²) in [4.78, 5) is 0. The number of hydrogen-bond acceptors (Lipinski definition) is 1. The summed E-state index contributed by atoms with van der Waals surface area (Å²) in [7, 11) is 0. The van der Waals surface area contributed by atoms with Crippen molar-refractivity contribution >= 4 is 34.8 Å². The standard InChI is InChI=1S/C13H14Cl3N/c1-3-4-5-8-17-9(2)10-6-7-11(14)13(16)12(10)15/h6-7,9,17H,5,8H2,1-2H3. The van der Waals surface area contributed by atoms with Gasteiger partial charge in [-0.05, 0) is 25.5 Å². The Morgan fingerprint density at radius 3 is 2.59 bits per heavy atom. The summed E-state index contributed by atoms with van der Waals surface area (Å²) in [6.07, 6.45) is 0.819. The number of halogens is 3. The number of benzene rings is 1. The predicted molar refractivity (Wildman–Crippen MR) is 76.0 cm³/mol. The van der Waals surface area contributed by atoms with E-state index in [0.29, 0.717) is 15.1 Å². The molecule has 1 nitrogen and oxygen atoms in total. The molecule has 1 rings (SSSR count). The molecule has 0 saturated carbocycles. The maximum atomic E-state index is 6.15. The van der Waals surface area contributed by atoms with Gasteiger partial charge in [0.15, 0.2) is 0 Å². The summed E-state index contributed by atoms with van der Waals surface area (Å²) < 4.78 is 0. The first-order valence-corrected chi connectivity index (χ1v) is 6.47. The molecule has 0 aliphatic carbocycles. The molecule has 0 spiro atoms. The van der Waals surface area contributed by atoms with Crippen molar-refractivity contribution in [3.8, 4) is 11.8 Å². The fraction of sp³-hybridized carbons (Fsp3) is 0.385. The van der Waals surface area contributed by atoms with Crippen LogP contribution < -0.4 is 5.32 Å². The van der Waals surface area contributed by atoms with Gasteiger partial charge in [0, 0.05) is 19.0 Å². The van der Waals surface area contributed by atoms with Crippen molar-refractivity contribution in [2.75, 3.05) is 6.54 Å². The van der Waals surface area contributed by atoms with E-state index in [4.69, 9.17) is 34.8 Å². The topological polar surface area (TPSA) is 12.0 Å². The first-order valence-electron chi connectivity index (χ1n) is 5.34. The monoisotopic (exact) mass is 289 g/mol. The van der Waals surface area contributed by atoms with E-state index in [2.05, 4.69) is 17.2 Å². The van der Waals surface area contributed by atoms with Gasteiger partial charge in [0.05, 0.1) is 15.1 Å². The Morgan fingerprint density at radius 1 is 1.24 bits per heavy atom. The maximum Gasteiger partial charge on any atom is 0.0781 e. The molecular formula is C13H14Cl3N.